The van der Waals surface area contributed by atoms with Crippen molar-refractivity contribution in [2.24, 2.45) is 28.2 Å². The van der Waals surface area contributed by atoms with Crippen LogP contribution in [-0.2, 0) is 49.9 Å². The van der Waals surface area contributed by atoms with Crippen molar-refractivity contribution in [3.8, 4) is 89.5 Å². The zero-order valence-corrected chi connectivity index (χ0v) is 77.4. The predicted octanol–water partition coefficient (Wildman–Crippen LogP) is 29.6. The maximum atomic E-state index is 8.75. The Kier molecular flexibility index (Phi) is 24.5. The lowest BCUT2D eigenvalue weighted by Crippen LogP contribution is -2.35. The highest BCUT2D eigenvalue weighted by atomic mass is 15.0. The molecule has 121 heavy (non-hydrogen) atoms. The van der Waals surface area contributed by atoms with Gasteiger partial charge in [0.15, 0.2) is 23.7 Å². The third-order valence-corrected chi connectivity index (χ3v) is 25.1. The monoisotopic (exact) mass is 1590 g/mol. The van der Waals surface area contributed by atoms with Crippen LogP contribution in [0.5, 0.6) is 0 Å². The van der Waals surface area contributed by atoms with Crippen molar-refractivity contribution in [2.75, 3.05) is 0 Å². The largest absolute Gasteiger partial charge is 0.220 e. The molecule has 0 saturated heterocycles. The van der Waals surface area contributed by atoms with E-state index in [2.05, 4.69) is 431 Å². The Balaban J connectivity index is 0.000000141. The molecule has 0 radical (unpaired) electrons. The zero-order chi connectivity index (χ0) is 88.8. The highest BCUT2D eigenvalue weighted by Crippen LogP contribution is 2.43. The fourth-order valence-electron chi connectivity index (χ4n) is 17.3. The van der Waals surface area contributed by atoms with E-state index < -0.39 is 0 Å². The van der Waals surface area contributed by atoms with E-state index in [-0.39, 0.29) is 21.7 Å². The maximum Gasteiger partial charge on any atom is 0.220 e. The highest BCUT2D eigenvalue weighted by molar-refractivity contribution is 6.00. The normalized spacial score (nSPS) is 12.1. The molecule has 0 fully saturated rings. The van der Waals surface area contributed by atoms with E-state index >= 15 is 0 Å². The summed E-state index contributed by atoms with van der Waals surface area (Å²) < 4.78 is 26.2. The molecule has 12 aromatic carbocycles. The average Bonchev–Trinajstić information content (AvgIpc) is 0.769. The van der Waals surface area contributed by atoms with Gasteiger partial charge in [-0.1, -0.05) is 287 Å². The Hall–Kier alpha value is -11.7. The standard InChI is InChI=1S/C31H36N.2C29H32N.C28H30N/c1-21-27(19-25(30(2,3)4)20-28(21)31(5,6)7)29-26-15-14-23(22-12-10-9-11-13-22)18-24(26)16-17-32(29)8;1-19-15-25(29(4,5)6)18-27(21(19)3)28-26-14-13-23(22-11-9-8-10-12-22)17-24(26)16-20(2)30(28)7;1-19(2)25-17-27(20(3)4)21(5)28(18-25)29-26-13-12-23(22-10-8-7-9-11-22)16-24(26)14-15-30(29)6;1-19-12-14-24(28(3,4)5)18-26(19)27-25-15-13-22(21-10-8-7-9-11-21)17-23(25)16-20(2)29(27)6/h9-20H,1-8H3;8-18H,1-7H3;7-20H,1-6H3;7-18H,1-6H3/q4*+1/i17D;;15D;. The molecule has 0 unspecified atom stereocenters. The third kappa shape index (κ3) is 18.8. The Morgan fingerprint density at radius 3 is 0.983 bits per heavy atom. The van der Waals surface area contributed by atoms with Crippen molar-refractivity contribution in [1.82, 2.24) is 0 Å². The minimum atomic E-state index is 0.0352. The predicted molar refractivity (Wildman–Crippen MR) is 520 cm³/mol. The minimum absolute atomic E-state index is 0.0352. The number of rotatable bonds is 10. The van der Waals surface area contributed by atoms with Crippen LogP contribution in [0.3, 0.4) is 0 Å². The lowest BCUT2D eigenvalue weighted by atomic mass is 9.76. The van der Waals surface area contributed by atoms with Crippen LogP contribution >= 0.6 is 0 Å². The summed E-state index contributed by atoms with van der Waals surface area (Å²) in [5.74, 6) is 0.912. The lowest BCUT2D eigenvalue weighted by Gasteiger charge is -2.28. The Labute approximate surface area is 727 Å². The molecule has 0 spiro atoms. The average molecular weight is 1590 g/mol. The molecule has 0 aliphatic carbocycles. The molecule has 614 valence electrons. The number of hydrogen-bond acceptors (Lipinski definition) is 0. The number of aromatic nitrogens is 4. The second-order valence-electron chi connectivity index (χ2n) is 38.7. The van der Waals surface area contributed by atoms with Crippen molar-refractivity contribution in [3.05, 3.63) is 358 Å². The lowest BCUT2D eigenvalue weighted by molar-refractivity contribution is -0.665. The first kappa shape index (κ1) is 84.3. The molecule has 4 heteroatoms. The number of aryl methyl sites for hydroxylation is 4. The van der Waals surface area contributed by atoms with Crippen molar-refractivity contribution in [1.29, 1.82) is 0 Å². The van der Waals surface area contributed by atoms with Gasteiger partial charge in [0.2, 0.25) is 22.8 Å². The van der Waals surface area contributed by atoms with E-state index in [0.29, 0.717) is 24.2 Å². The van der Waals surface area contributed by atoms with Crippen LogP contribution in [0.4, 0.5) is 0 Å². The van der Waals surface area contributed by atoms with Gasteiger partial charge in [-0.15, -0.1) is 0 Å². The third-order valence-electron chi connectivity index (χ3n) is 25.1. The van der Waals surface area contributed by atoms with Crippen LogP contribution in [0.2, 0.25) is 0 Å². The molecule has 0 atom stereocenters. The molecule has 0 saturated carbocycles. The molecule has 4 nitrogen and oxygen atoms in total. The van der Waals surface area contributed by atoms with Gasteiger partial charge in [0.25, 0.3) is 0 Å². The number of nitrogens with zero attached hydrogens (tertiary/aromatic N) is 4. The van der Waals surface area contributed by atoms with E-state index in [0.717, 1.165) is 22.2 Å². The molecule has 0 aliphatic rings. The van der Waals surface area contributed by atoms with Gasteiger partial charge < -0.3 is 0 Å². The number of hydrogen-bond donors (Lipinski definition) is 0. The van der Waals surface area contributed by atoms with E-state index in [4.69, 9.17) is 2.74 Å². The summed E-state index contributed by atoms with van der Waals surface area (Å²) in [6.07, 6.45) is 1.04. The van der Waals surface area contributed by atoms with Crippen LogP contribution in [0.25, 0.3) is 133 Å². The van der Waals surface area contributed by atoms with Gasteiger partial charge in [0.1, 0.15) is 30.9 Å². The molecule has 0 amide bonds. The molecule has 0 N–H and O–H groups in total. The van der Waals surface area contributed by atoms with Gasteiger partial charge in [-0.05, 0) is 268 Å². The van der Waals surface area contributed by atoms with Gasteiger partial charge in [-0.2, -0.15) is 9.13 Å². The molecule has 16 aromatic rings. The summed E-state index contributed by atoms with van der Waals surface area (Å²) >= 11 is 0. The second kappa shape index (κ2) is 35.2. The summed E-state index contributed by atoms with van der Waals surface area (Å²) in [5.41, 5.74) is 37.4. The smallest absolute Gasteiger partial charge is 0.200 e. The van der Waals surface area contributed by atoms with Gasteiger partial charge >= 0.3 is 0 Å². The van der Waals surface area contributed by atoms with Crippen molar-refractivity contribution in [2.45, 2.75) is 193 Å². The molecule has 0 bridgehead atoms. The van der Waals surface area contributed by atoms with Crippen molar-refractivity contribution < 1.29 is 21.0 Å². The number of fused-ring (bicyclic) bond motifs is 4. The van der Waals surface area contributed by atoms with Crippen LogP contribution in [0, 0.1) is 48.5 Å². The van der Waals surface area contributed by atoms with E-state index in [1.807, 2.05) is 47.5 Å². The number of pyridine rings is 4. The van der Waals surface area contributed by atoms with Gasteiger partial charge in [0.05, 0.1) is 43.8 Å². The Morgan fingerprint density at radius 2 is 0.612 bits per heavy atom. The maximum absolute atomic E-state index is 8.75. The summed E-state index contributed by atoms with van der Waals surface area (Å²) in [5, 5.41) is 9.77. The first-order chi connectivity index (χ1) is 58.1. The van der Waals surface area contributed by atoms with Crippen LogP contribution in [0.15, 0.2) is 285 Å². The quantitative estimate of drug-likeness (QED) is 0.121. The highest BCUT2D eigenvalue weighted by Gasteiger charge is 2.31. The second-order valence-corrected chi connectivity index (χ2v) is 38.7. The SMILES string of the molecule is Cc1cc(C(C)(C)C)cc(-c2c3ccc(-c4ccccc4)cc3cc(C)[n+]2C)c1C.Cc1ccc(C(C)(C)C)cc1-c1c2ccc(-c3ccccc3)cc2cc(C)[n+]1C.[2H]c1cc2cc(-c3ccccc3)ccc2c(-c2cc(C(C)(C)C)cc(C(C)(C)C)c2C)[n+]1C.[2H]c1cc2cc(-c3ccccc3)ccc2c(-c2cc(C(C)C)cc(C(C)C)c2C)[n+]1C. The fourth-order valence-corrected chi connectivity index (χ4v) is 17.3. The zero-order valence-electron chi connectivity index (χ0n) is 79.4. The van der Waals surface area contributed by atoms with E-state index in [9.17, 15) is 0 Å². The molecular weight excluding hydrogens is 1460 g/mol. The van der Waals surface area contributed by atoms with Crippen LogP contribution < -0.4 is 18.3 Å². The van der Waals surface area contributed by atoms with E-state index in [1.54, 1.807) is 0 Å². The van der Waals surface area contributed by atoms with Crippen LogP contribution in [0.1, 0.15) is 198 Å². The molecule has 0 aliphatic heterocycles. The fraction of sp³-hybridized carbons (Fsp3) is 0.282. The van der Waals surface area contributed by atoms with E-state index in [1.165, 1.54) is 183 Å². The van der Waals surface area contributed by atoms with Crippen molar-refractivity contribution >= 4 is 43.1 Å². The van der Waals surface area contributed by atoms with Gasteiger partial charge in [-0.3, -0.25) is 0 Å². The van der Waals surface area contributed by atoms with Gasteiger partial charge in [-0.25, -0.2) is 9.13 Å². The summed E-state index contributed by atoms with van der Waals surface area (Å²) in [6, 6.07) is 98.9. The summed E-state index contributed by atoms with van der Waals surface area (Å²) in [7, 11) is 8.40. The molecular formula is C117H130N4+4. The number of benzene rings is 12. The van der Waals surface area contributed by atoms with Gasteiger partial charge in [0, 0.05) is 38.1 Å². The summed E-state index contributed by atoms with van der Waals surface area (Å²) in [6.45, 7) is 52.0. The molecule has 16 rings (SSSR count). The minimum Gasteiger partial charge on any atom is -0.200 e. The first-order valence-corrected chi connectivity index (χ1v) is 43.6. The van der Waals surface area contributed by atoms with Crippen molar-refractivity contribution in [3.63, 3.8) is 0 Å². The van der Waals surface area contributed by atoms with Crippen LogP contribution in [-0.4, -0.2) is 0 Å². The Morgan fingerprint density at radius 1 is 0.264 bits per heavy atom. The Bertz CT molecular complexity index is 6640. The molecule has 4 aromatic heterocycles. The molecule has 4 heterocycles. The topological polar surface area (TPSA) is 15.5 Å². The first-order valence-electron chi connectivity index (χ1n) is 44.6. The summed E-state index contributed by atoms with van der Waals surface area (Å²) in [4.78, 5) is 0.